The van der Waals surface area contributed by atoms with Crippen LogP contribution in [0.1, 0.15) is 17.1 Å². The molecule has 3 rings (SSSR count). The SMILES string of the molecule is S=c1nc(CSc2cccc(Cl)c2)[nH]c2c1COCC2. The van der Waals surface area contributed by atoms with Gasteiger partial charge < -0.3 is 9.72 Å². The summed E-state index contributed by atoms with van der Waals surface area (Å²) in [6, 6.07) is 7.81. The third kappa shape index (κ3) is 3.23. The molecule has 2 heterocycles. The van der Waals surface area contributed by atoms with Gasteiger partial charge in [0.1, 0.15) is 10.5 Å². The molecule has 0 atom stereocenters. The van der Waals surface area contributed by atoms with Gasteiger partial charge in [0.05, 0.1) is 19.0 Å². The molecular formula is C14H13ClN2OS2. The largest absolute Gasteiger partial charge is 0.376 e. The summed E-state index contributed by atoms with van der Waals surface area (Å²) in [6.45, 7) is 1.31. The van der Waals surface area contributed by atoms with Crippen molar-refractivity contribution >= 4 is 35.6 Å². The minimum Gasteiger partial charge on any atom is -0.376 e. The molecule has 0 spiro atoms. The lowest BCUT2D eigenvalue weighted by atomic mass is 10.1. The molecule has 0 unspecified atom stereocenters. The summed E-state index contributed by atoms with van der Waals surface area (Å²) >= 11 is 13.0. The van der Waals surface area contributed by atoms with Crippen molar-refractivity contribution in [2.75, 3.05) is 6.61 Å². The molecule has 6 heteroatoms. The predicted octanol–water partition coefficient (Wildman–Crippen LogP) is 4.16. The van der Waals surface area contributed by atoms with Gasteiger partial charge in [-0.1, -0.05) is 29.9 Å². The number of halogens is 1. The van der Waals surface area contributed by atoms with Crippen LogP contribution >= 0.6 is 35.6 Å². The normalized spacial score (nSPS) is 14.1. The van der Waals surface area contributed by atoms with Crippen molar-refractivity contribution in [3.63, 3.8) is 0 Å². The lowest BCUT2D eigenvalue weighted by Crippen LogP contribution is -2.14. The number of rotatable bonds is 3. The van der Waals surface area contributed by atoms with Crippen molar-refractivity contribution in [2.45, 2.75) is 23.7 Å². The van der Waals surface area contributed by atoms with Crippen LogP contribution in [0, 0.1) is 4.64 Å². The Bertz CT molecular complexity index is 687. The molecule has 104 valence electrons. The van der Waals surface area contributed by atoms with Crippen LogP contribution in [0.25, 0.3) is 0 Å². The third-order valence-electron chi connectivity index (χ3n) is 3.07. The Morgan fingerprint density at radius 1 is 1.45 bits per heavy atom. The number of aromatic nitrogens is 2. The number of benzene rings is 1. The Hall–Kier alpha value is -0.880. The number of H-pyrrole nitrogens is 1. The Balaban J connectivity index is 1.78. The van der Waals surface area contributed by atoms with Gasteiger partial charge in [-0.2, -0.15) is 0 Å². The Morgan fingerprint density at radius 2 is 2.35 bits per heavy atom. The number of aromatic amines is 1. The fraction of sp³-hybridized carbons (Fsp3) is 0.286. The number of thioether (sulfide) groups is 1. The second kappa shape index (κ2) is 6.26. The van der Waals surface area contributed by atoms with E-state index in [2.05, 4.69) is 9.97 Å². The molecule has 1 aliphatic heterocycles. The van der Waals surface area contributed by atoms with E-state index in [4.69, 9.17) is 28.6 Å². The highest BCUT2D eigenvalue weighted by Gasteiger charge is 2.13. The summed E-state index contributed by atoms with van der Waals surface area (Å²) in [7, 11) is 0. The topological polar surface area (TPSA) is 37.9 Å². The first-order chi connectivity index (χ1) is 9.72. The minimum atomic E-state index is 0.569. The van der Waals surface area contributed by atoms with E-state index in [1.54, 1.807) is 11.8 Å². The first kappa shape index (κ1) is 14.1. The van der Waals surface area contributed by atoms with Gasteiger partial charge in [0.25, 0.3) is 0 Å². The maximum absolute atomic E-state index is 5.98. The van der Waals surface area contributed by atoms with E-state index in [9.17, 15) is 0 Å². The fourth-order valence-corrected chi connectivity index (χ4v) is 3.46. The quantitative estimate of drug-likeness (QED) is 0.679. The fourth-order valence-electron chi connectivity index (χ4n) is 2.08. The van der Waals surface area contributed by atoms with Gasteiger partial charge in [0.15, 0.2) is 0 Å². The monoisotopic (exact) mass is 324 g/mol. The van der Waals surface area contributed by atoms with E-state index >= 15 is 0 Å². The van der Waals surface area contributed by atoms with Crippen LogP contribution in [-0.2, 0) is 23.5 Å². The number of ether oxygens (including phenoxy) is 1. The number of fused-ring (bicyclic) bond motifs is 1. The molecule has 3 nitrogen and oxygen atoms in total. The zero-order chi connectivity index (χ0) is 13.9. The van der Waals surface area contributed by atoms with Gasteiger partial charge in [0, 0.05) is 27.6 Å². The lowest BCUT2D eigenvalue weighted by Gasteiger charge is -2.17. The molecule has 0 amide bonds. The Kier molecular flexibility index (Phi) is 4.41. The van der Waals surface area contributed by atoms with Crippen LogP contribution in [-0.4, -0.2) is 16.6 Å². The van der Waals surface area contributed by atoms with E-state index in [1.807, 2.05) is 24.3 Å². The Labute approximate surface area is 131 Å². The summed E-state index contributed by atoms with van der Waals surface area (Å²) in [6.07, 6.45) is 0.871. The molecule has 1 aliphatic rings. The summed E-state index contributed by atoms with van der Waals surface area (Å²) < 4.78 is 6.07. The number of hydrogen-bond donors (Lipinski definition) is 1. The average Bonchev–Trinajstić information content (AvgIpc) is 2.45. The summed E-state index contributed by atoms with van der Waals surface area (Å²) in [4.78, 5) is 8.95. The zero-order valence-corrected chi connectivity index (χ0v) is 13.1. The van der Waals surface area contributed by atoms with Gasteiger partial charge in [-0.15, -0.1) is 11.8 Å². The van der Waals surface area contributed by atoms with Crippen molar-refractivity contribution in [1.82, 2.24) is 9.97 Å². The van der Waals surface area contributed by atoms with E-state index in [-0.39, 0.29) is 0 Å². The van der Waals surface area contributed by atoms with Crippen molar-refractivity contribution in [3.05, 3.63) is 51.0 Å². The van der Waals surface area contributed by atoms with Crippen LogP contribution < -0.4 is 0 Å². The summed E-state index contributed by atoms with van der Waals surface area (Å²) in [5.41, 5.74) is 2.20. The molecule has 0 saturated heterocycles. The maximum Gasteiger partial charge on any atom is 0.135 e. The van der Waals surface area contributed by atoms with Crippen molar-refractivity contribution in [3.8, 4) is 0 Å². The highest BCUT2D eigenvalue weighted by atomic mass is 35.5. The number of nitrogens with zero attached hydrogens (tertiary/aromatic N) is 1. The smallest absolute Gasteiger partial charge is 0.135 e. The van der Waals surface area contributed by atoms with Gasteiger partial charge >= 0.3 is 0 Å². The van der Waals surface area contributed by atoms with Gasteiger partial charge in [-0.3, -0.25) is 0 Å². The number of nitrogens with one attached hydrogen (secondary N) is 1. The lowest BCUT2D eigenvalue weighted by molar-refractivity contribution is 0.108. The second-order valence-electron chi connectivity index (χ2n) is 4.49. The molecule has 1 N–H and O–H groups in total. The molecule has 0 fully saturated rings. The molecule has 0 radical (unpaired) electrons. The van der Waals surface area contributed by atoms with Crippen molar-refractivity contribution < 1.29 is 4.74 Å². The average molecular weight is 325 g/mol. The van der Waals surface area contributed by atoms with E-state index in [1.165, 1.54) is 0 Å². The van der Waals surface area contributed by atoms with Crippen LogP contribution in [0.5, 0.6) is 0 Å². The van der Waals surface area contributed by atoms with Gasteiger partial charge in [0.2, 0.25) is 0 Å². The van der Waals surface area contributed by atoms with Gasteiger partial charge in [-0.25, -0.2) is 4.98 Å². The van der Waals surface area contributed by atoms with Crippen LogP contribution in [0.15, 0.2) is 29.2 Å². The highest BCUT2D eigenvalue weighted by molar-refractivity contribution is 7.98. The first-order valence-electron chi connectivity index (χ1n) is 6.29. The van der Waals surface area contributed by atoms with Crippen LogP contribution in [0.3, 0.4) is 0 Å². The van der Waals surface area contributed by atoms with Crippen molar-refractivity contribution in [2.24, 2.45) is 0 Å². The van der Waals surface area contributed by atoms with E-state index in [0.29, 0.717) is 11.2 Å². The van der Waals surface area contributed by atoms with Crippen LogP contribution in [0.2, 0.25) is 5.02 Å². The molecule has 20 heavy (non-hydrogen) atoms. The number of hydrogen-bond acceptors (Lipinski definition) is 4. The Morgan fingerprint density at radius 3 is 3.20 bits per heavy atom. The molecule has 0 saturated carbocycles. The summed E-state index contributed by atoms with van der Waals surface area (Å²) in [5, 5.41) is 0.749. The molecule has 0 bridgehead atoms. The summed E-state index contributed by atoms with van der Waals surface area (Å²) in [5.74, 6) is 1.65. The standard InChI is InChI=1S/C14H13ClN2OS2/c15-9-2-1-3-10(6-9)20-8-13-16-12-4-5-18-7-11(12)14(19)17-13/h1-3,6H,4-5,7-8H2,(H,16,17,19). The van der Waals surface area contributed by atoms with Crippen LogP contribution in [0.4, 0.5) is 0 Å². The molecule has 1 aromatic heterocycles. The van der Waals surface area contributed by atoms with E-state index < -0.39 is 0 Å². The molecule has 2 aromatic rings. The van der Waals surface area contributed by atoms with Gasteiger partial charge in [-0.05, 0) is 18.2 Å². The molecule has 1 aromatic carbocycles. The first-order valence-corrected chi connectivity index (χ1v) is 8.06. The second-order valence-corrected chi connectivity index (χ2v) is 6.37. The van der Waals surface area contributed by atoms with Crippen molar-refractivity contribution in [1.29, 1.82) is 0 Å². The zero-order valence-electron chi connectivity index (χ0n) is 10.7. The predicted molar refractivity (Wildman–Crippen MR) is 83.8 cm³/mol. The maximum atomic E-state index is 5.98. The molecule has 0 aliphatic carbocycles. The highest BCUT2D eigenvalue weighted by Crippen LogP contribution is 2.25. The van der Waals surface area contributed by atoms with E-state index in [0.717, 1.165) is 45.8 Å². The third-order valence-corrected chi connectivity index (χ3v) is 4.65. The molecular weight excluding hydrogens is 312 g/mol. The minimum absolute atomic E-state index is 0.569.